The van der Waals surface area contributed by atoms with Gasteiger partial charge in [0.25, 0.3) is 0 Å². The topological polar surface area (TPSA) is 93.3 Å². The third kappa shape index (κ3) is 2.44. The fraction of sp³-hybridized carbons (Fsp3) is 0.444. The normalized spacial score (nSPS) is 29.3. The van der Waals surface area contributed by atoms with Crippen LogP contribution in [-0.4, -0.2) is 57.8 Å². The molecule has 9 heteroatoms. The van der Waals surface area contributed by atoms with Crippen LogP contribution in [0, 0.1) is 10.8 Å². The van der Waals surface area contributed by atoms with Gasteiger partial charge < -0.3 is 4.90 Å². The Balaban J connectivity index is 1.54. The highest BCUT2D eigenvalue weighted by Gasteiger charge is 2.60. The van der Waals surface area contributed by atoms with E-state index < -0.39 is 9.84 Å². The predicted molar refractivity (Wildman–Crippen MR) is 101 cm³/mol. The van der Waals surface area contributed by atoms with Crippen molar-refractivity contribution >= 4 is 21.3 Å². The second-order valence-electron chi connectivity index (χ2n) is 8.21. The summed E-state index contributed by atoms with van der Waals surface area (Å²) in [6, 6.07) is 9.44. The number of hydrogen-bond donors (Lipinski definition) is 0. The molecule has 0 aliphatic carbocycles. The van der Waals surface area contributed by atoms with Crippen molar-refractivity contribution in [2.45, 2.75) is 13.8 Å². The molecule has 2 aliphatic rings. The van der Waals surface area contributed by atoms with Crippen LogP contribution in [0.5, 0.6) is 0 Å². The van der Waals surface area contributed by atoms with Crippen molar-refractivity contribution in [1.29, 1.82) is 0 Å². The van der Waals surface area contributed by atoms with E-state index in [9.17, 15) is 8.42 Å². The first kappa shape index (κ1) is 16.6. The average molecular weight is 384 g/mol. The summed E-state index contributed by atoms with van der Waals surface area (Å²) in [7, 11) is -2.98. The lowest BCUT2D eigenvalue weighted by Gasteiger charge is -2.29. The monoisotopic (exact) mass is 384 g/mol. The Labute approximate surface area is 157 Å². The van der Waals surface area contributed by atoms with Crippen LogP contribution in [0.3, 0.4) is 0 Å². The molecule has 0 aromatic carbocycles. The molecule has 3 aromatic rings. The summed E-state index contributed by atoms with van der Waals surface area (Å²) in [5, 5.41) is 13.2. The molecule has 0 saturated carbocycles. The molecule has 5 heterocycles. The zero-order valence-corrected chi connectivity index (χ0v) is 16.0. The molecule has 27 heavy (non-hydrogen) atoms. The summed E-state index contributed by atoms with van der Waals surface area (Å²) in [6.07, 6.45) is 1.71. The van der Waals surface area contributed by atoms with E-state index in [1.807, 2.05) is 30.3 Å². The first-order chi connectivity index (χ1) is 12.8. The molecule has 2 atom stereocenters. The van der Waals surface area contributed by atoms with Gasteiger partial charge in [-0.25, -0.2) is 8.42 Å². The van der Waals surface area contributed by atoms with Crippen LogP contribution in [0.4, 0.5) is 5.82 Å². The molecule has 0 amide bonds. The molecule has 0 bridgehead atoms. The van der Waals surface area contributed by atoms with Crippen molar-refractivity contribution in [2.24, 2.45) is 10.8 Å². The largest absolute Gasteiger partial charge is 0.354 e. The summed E-state index contributed by atoms with van der Waals surface area (Å²) >= 11 is 0. The Hall–Kier alpha value is -2.55. The van der Waals surface area contributed by atoms with Crippen LogP contribution in [0.1, 0.15) is 13.8 Å². The minimum atomic E-state index is -2.98. The van der Waals surface area contributed by atoms with E-state index in [4.69, 9.17) is 5.10 Å². The minimum Gasteiger partial charge on any atom is -0.354 e. The first-order valence-electron chi connectivity index (χ1n) is 8.88. The van der Waals surface area contributed by atoms with Crippen LogP contribution < -0.4 is 4.90 Å². The molecule has 140 valence electrons. The van der Waals surface area contributed by atoms with E-state index in [1.165, 1.54) is 0 Å². The summed E-state index contributed by atoms with van der Waals surface area (Å²) in [5.41, 5.74) is 0.829. The van der Waals surface area contributed by atoms with Crippen molar-refractivity contribution in [3.8, 4) is 11.5 Å². The summed E-state index contributed by atoms with van der Waals surface area (Å²) in [5.74, 6) is 1.86. The zero-order valence-electron chi connectivity index (χ0n) is 15.2. The van der Waals surface area contributed by atoms with Gasteiger partial charge in [-0.3, -0.25) is 4.98 Å². The van der Waals surface area contributed by atoms with E-state index in [0.717, 1.165) is 5.82 Å². The fourth-order valence-electron chi connectivity index (χ4n) is 4.51. The van der Waals surface area contributed by atoms with Gasteiger partial charge in [0.05, 0.1) is 11.5 Å². The molecule has 2 saturated heterocycles. The number of pyridine rings is 1. The molecule has 8 nitrogen and oxygen atoms in total. The average Bonchev–Trinajstić information content (AvgIpc) is 3.18. The Morgan fingerprint density at radius 1 is 1.00 bits per heavy atom. The van der Waals surface area contributed by atoms with E-state index in [2.05, 4.69) is 33.9 Å². The highest BCUT2D eigenvalue weighted by Crippen LogP contribution is 2.53. The third-order valence-electron chi connectivity index (χ3n) is 6.08. The maximum absolute atomic E-state index is 12.2. The Kier molecular flexibility index (Phi) is 3.23. The Bertz CT molecular complexity index is 1120. The highest BCUT2D eigenvalue weighted by atomic mass is 32.2. The lowest BCUT2D eigenvalue weighted by Crippen LogP contribution is -2.34. The Morgan fingerprint density at radius 3 is 2.41 bits per heavy atom. The maximum Gasteiger partial charge on any atom is 0.203 e. The van der Waals surface area contributed by atoms with Gasteiger partial charge in [0.1, 0.15) is 11.5 Å². The summed E-state index contributed by atoms with van der Waals surface area (Å²) in [6.45, 7) is 5.49. The molecule has 3 aromatic heterocycles. The number of anilines is 1. The third-order valence-corrected chi connectivity index (χ3v) is 8.23. The number of aromatic nitrogens is 5. The number of rotatable bonds is 2. The molecule has 0 N–H and O–H groups in total. The van der Waals surface area contributed by atoms with Crippen molar-refractivity contribution in [3.05, 3.63) is 36.5 Å². The minimum absolute atomic E-state index is 0.237. The van der Waals surface area contributed by atoms with E-state index in [1.54, 1.807) is 10.7 Å². The van der Waals surface area contributed by atoms with Crippen molar-refractivity contribution in [3.63, 3.8) is 0 Å². The molecule has 2 aliphatic heterocycles. The van der Waals surface area contributed by atoms with Crippen LogP contribution in [-0.2, 0) is 9.84 Å². The molecule has 0 radical (unpaired) electrons. The van der Waals surface area contributed by atoms with Gasteiger partial charge in [0.2, 0.25) is 5.82 Å². The zero-order chi connectivity index (χ0) is 18.9. The van der Waals surface area contributed by atoms with Crippen LogP contribution >= 0.6 is 0 Å². The predicted octanol–water partition coefficient (Wildman–Crippen LogP) is 1.45. The van der Waals surface area contributed by atoms with Crippen molar-refractivity contribution < 1.29 is 8.42 Å². The molecule has 0 unspecified atom stereocenters. The second kappa shape index (κ2) is 5.25. The van der Waals surface area contributed by atoms with Crippen LogP contribution in [0.25, 0.3) is 17.2 Å². The van der Waals surface area contributed by atoms with Gasteiger partial charge in [0, 0.05) is 30.1 Å². The van der Waals surface area contributed by atoms with Gasteiger partial charge in [-0.2, -0.15) is 4.52 Å². The van der Waals surface area contributed by atoms with E-state index in [0.29, 0.717) is 30.3 Å². The van der Waals surface area contributed by atoms with E-state index >= 15 is 0 Å². The number of sulfone groups is 1. The lowest BCUT2D eigenvalue weighted by atomic mass is 9.71. The van der Waals surface area contributed by atoms with Crippen molar-refractivity contribution in [2.75, 3.05) is 29.5 Å². The smallest absolute Gasteiger partial charge is 0.203 e. The lowest BCUT2D eigenvalue weighted by molar-refractivity contribution is 0.212. The number of nitrogens with zero attached hydrogens (tertiary/aromatic N) is 6. The molecule has 2 fully saturated rings. The maximum atomic E-state index is 12.2. The molecule has 5 rings (SSSR count). The molecule has 0 spiro atoms. The SMILES string of the molecule is C[C@@]12CN(c3ccc4nnc(-c5ccccn5)n4n3)C[C@]1(C)CS(=O)(=O)C2. The van der Waals surface area contributed by atoms with E-state index in [-0.39, 0.29) is 22.3 Å². The first-order valence-corrected chi connectivity index (χ1v) is 10.7. The van der Waals surface area contributed by atoms with Crippen molar-refractivity contribution in [1.82, 2.24) is 24.8 Å². The van der Waals surface area contributed by atoms with Gasteiger partial charge in [-0.15, -0.1) is 15.3 Å². The number of fused-ring (bicyclic) bond motifs is 2. The van der Waals surface area contributed by atoms with Crippen LogP contribution in [0.15, 0.2) is 36.5 Å². The van der Waals surface area contributed by atoms with Gasteiger partial charge in [-0.05, 0) is 24.3 Å². The van der Waals surface area contributed by atoms with Gasteiger partial charge in [-0.1, -0.05) is 19.9 Å². The fourth-order valence-corrected chi connectivity index (χ4v) is 7.43. The standard InChI is InChI=1S/C18H20N6O2S/c1-17-9-23(10-18(17,2)12-27(25,26)11-17)15-7-6-14-20-21-16(24(14)22-15)13-5-3-4-8-19-13/h3-8H,9-12H2,1-2H3/t17-,18+. The summed E-state index contributed by atoms with van der Waals surface area (Å²) < 4.78 is 26.1. The van der Waals surface area contributed by atoms with Gasteiger partial charge in [0.15, 0.2) is 15.5 Å². The quantitative estimate of drug-likeness (QED) is 0.660. The van der Waals surface area contributed by atoms with Crippen LogP contribution in [0.2, 0.25) is 0 Å². The molecular formula is C18H20N6O2S. The molecular weight excluding hydrogens is 364 g/mol. The Morgan fingerprint density at radius 2 is 1.74 bits per heavy atom. The second-order valence-corrected chi connectivity index (χ2v) is 10.3. The summed E-state index contributed by atoms with van der Waals surface area (Å²) in [4.78, 5) is 6.52. The highest BCUT2D eigenvalue weighted by molar-refractivity contribution is 7.91. The van der Waals surface area contributed by atoms with Gasteiger partial charge >= 0.3 is 0 Å². The number of hydrogen-bond acceptors (Lipinski definition) is 7.